The number of aromatic nitrogens is 1. The molecule has 2 heterocycles. The molecule has 0 bridgehead atoms. The molecule has 3 rings (SSSR count). The zero-order valence-electron chi connectivity index (χ0n) is 10.1. The third-order valence-corrected chi connectivity index (χ3v) is 3.83. The lowest BCUT2D eigenvalue weighted by Gasteiger charge is -2.07. The van der Waals surface area contributed by atoms with E-state index in [4.69, 9.17) is 10.2 Å². The van der Waals surface area contributed by atoms with Crippen LogP contribution in [-0.4, -0.2) is 4.98 Å². The smallest absolute Gasteiger partial charge is 0.134 e. The van der Waals surface area contributed by atoms with Crippen LogP contribution < -0.4 is 5.73 Å². The molecule has 92 valence electrons. The first-order valence-corrected chi connectivity index (χ1v) is 6.75. The van der Waals surface area contributed by atoms with Crippen LogP contribution in [0.25, 0.3) is 11.0 Å². The minimum atomic E-state index is -0.0739. The number of fused-ring (bicyclic) bond motifs is 1. The summed E-state index contributed by atoms with van der Waals surface area (Å²) in [5.41, 5.74) is 9.24. The molecule has 0 aliphatic heterocycles. The number of thiazole rings is 1. The van der Waals surface area contributed by atoms with Crippen LogP contribution in [0.15, 0.2) is 40.3 Å². The Morgan fingerprint density at radius 3 is 3.00 bits per heavy atom. The Balaban J connectivity index is 1.90. The Morgan fingerprint density at radius 2 is 2.22 bits per heavy atom. The first-order valence-electron chi connectivity index (χ1n) is 5.87. The molecular weight excluding hydrogens is 244 g/mol. The number of aryl methyl sites for hydroxylation is 1. The number of hydrogen-bond acceptors (Lipinski definition) is 4. The summed E-state index contributed by atoms with van der Waals surface area (Å²) in [4.78, 5) is 4.45. The molecule has 3 nitrogen and oxygen atoms in total. The highest BCUT2D eigenvalue weighted by Gasteiger charge is 2.14. The molecule has 1 aromatic carbocycles. The van der Waals surface area contributed by atoms with Gasteiger partial charge in [-0.3, -0.25) is 0 Å². The molecule has 3 aromatic rings. The van der Waals surface area contributed by atoms with Gasteiger partial charge in [-0.2, -0.15) is 0 Å². The Bertz CT molecular complexity index is 671. The van der Waals surface area contributed by atoms with Crippen molar-refractivity contribution >= 4 is 22.3 Å². The van der Waals surface area contributed by atoms with Crippen molar-refractivity contribution in [2.24, 2.45) is 5.73 Å². The van der Waals surface area contributed by atoms with Crippen molar-refractivity contribution in [3.63, 3.8) is 0 Å². The Labute approximate surface area is 109 Å². The molecule has 4 heteroatoms. The number of nitrogens with zero attached hydrogens (tertiary/aromatic N) is 1. The van der Waals surface area contributed by atoms with Crippen LogP contribution in [0.1, 0.15) is 22.3 Å². The summed E-state index contributed by atoms with van der Waals surface area (Å²) < 4.78 is 5.52. The third kappa shape index (κ3) is 2.05. The molecule has 0 spiro atoms. The van der Waals surface area contributed by atoms with E-state index in [1.165, 1.54) is 0 Å². The van der Waals surface area contributed by atoms with E-state index in [0.29, 0.717) is 0 Å². The molecule has 1 atom stereocenters. The van der Waals surface area contributed by atoms with Crippen molar-refractivity contribution in [3.8, 4) is 0 Å². The van der Waals surface area contributed by atoms with Crippen LogP contribution in [0.3, 0.4) is 0 Å². The summed E-state index contributed by atoms with van der Waals surface area (Å²) in [6.45, 7) is 2.01. The fourth-order valence-electron chi connectivity index (χ4n) is 2.12. The third-order valence-electron chi connectivity index (χ3n) is 3.01. The van der Waals surface area contributed by atoms with E-state index in [9.17, 15) is 0 Å². The van der Waals surface area contributed by atoms with E-state index in [1.807, 2.05) is 31.2 Å². The van der Waals surface area contributed by atoms with Crippen LogP contribution in [0, 0.1) is 6.92 Å². The van der Waals surface area contributed by atoms with E-state index in [0.717, 1.165) is 33.7 Å². The van der Waals surface area contributed by atoms with E-state index in [-0.39, 0.29) is 6.04 Å². The van der Waals surface area contributed by atoms with Gasteiger partial charge in [0.2, 0.25) is 0 Å². The average molecular weight is 258 g/mol. The van der Waals surface area contributed by atoms with Gasteiger partial charge in [0.05, 0.1) is 17.0 Å². The second-order valence-corrected chi connectivity index (χ2v) is 5.42. The van der Waals surface area contributed by atoms with Crippen molar-refractivity contribution in [2.75, 3.05) is 0 Å². The van der Waals surface area contributed by atoms with E-state index in [1.54, 1.807) is 17.6 Å². The number of hydrogen-bond donors (Lipinski definition) is 1. The molecule has 18 heavy (non-hydrogen) atoms. The Hall–Kier alpha value is -1.65. The fourth-order valence-corrected chi connectivity index (χ4v) is 2.75. The average Bonchev–Trinajstić information content (AvgIpc) is 2.95. The SMILES string of the molecule is Cc1nc(CC(N)c2coc3ccccc23)cs1. The second kappa shape index (κ2) is 4.55. The molecular formula is C14H14N2OS. The number of para-hydroxylation sites is 1. The summed E-state index contributed by atoms with van der Waals surface area (Å²) in [7, 11) is 0. The van der Waals surface area contributed by atoms with Gasteiger partial charge in [-0.15, -0.1) is 11.3 Å². The first-order chi connectivity index (χ1) is 8.74. The maximum atomic E-state index is 6.25. The van der Waals surface area contributed by atoms with Gasteiger partial charge < -0.3 is 10.2 Å². The van der Waals surface area contributed by atoms with Gasteiger partial charge in [0.15, 0.2) is 0 Å². The topological polar surface area (TPSA) is 52.0 Å². The maximum Gasteiger partial charge on any atom is 0.134 e. The second-order valence-electron chi connectivity index (χ2n) is 4.36. The summed E-state index contributed by atoms with van der Waals surface area (Å²) in [6.07, 6.45) is 2.50. The lowest BCUT2D eigenvalue weighted by atomic mass is 10.0. The predicted octanol–water partition coefficient (Wildman–Crippen LogP) is 3.44. The highest BCUT2D eigenvalue weighted by atomic mass is 32.1. The van der Waals surface area contributed by atoms with Gasteiger partial charge >= 0.3 is 0 Å². The normalized spacial score (nSPS) is 13.0. The van der Waals surface area contributed by atoms with Crippen molar-refractivity contribution < 1.29 is 4.42 Å². The molecule has 2 aromatic heterocycles. The quantitative estimate of drug-likeness (QED) is 0.783. The number of furan rings is 1. The maximum absolute atomic E-state index is 6.25. The highest BCUT2D eigenvalue weighted by molar-refractivity contribution is 7.09. The molecule has 0 saturated carbocycles. The highest BCUT2D eigenvalue weighted by Crippen LogP contribution is 2.27. The fraction of sp³-hybridized carbons (Fsp3) is 0.214. The summed E-state index contributed by atoms with van der Waals surface area (Å²) in [5.74, 6) is 0. The van der Waals surface area contributed by atoms with Gasteiger partial charge in [-0.05, 0) is 13.0 Å². The monoisotopic (exact) mass is 258 g/mol. The number of rotatable bonds is 3. The van der Waals surface area contributed by atoms with Crippen LogP contribution in [-0.2, 0) is 6.42 Å². The van der Waals surface area contributed by atoms with Gasteiger partial charge in [-0.1, -0.05) is 18.2 Å². The van der Waals surface area contributed by atoms with Crippen molar-refractivity contribution in [1.29, 1.82) is 0 Å². The first kappa shape index (κ1) is 11.4. The zero-order valence-corrected chi connectivity index (χ0v) is 10.9. The van der Waals surface area contributed by atoms with Gasteiger partial charge in [0, 0.05) is 28.8 Å². The largest absolute Gasteiger partial charge is 0.464 e. The molecule has 0 aliphatic carbocycles. The molecule has 2 N–H and O–H groups in total. The molecule has 0 amide bonds. The number of benzene rings is 1. The summed E-state index contributed by atoms with van der Waals surface area (Å²) in [6, 6.07) is 7.89. The van der Waals surface area contributed by atoms with Gasteiger partial charge in [-0.25, -0.2) is 4.98 Å². The van der Waals surface area contributed by atoms with Crippen molar-refractivity contribution in [1.82, 2.24) is 4.98 Å². The van der Waals surface area contributed by atoms with Crippen LogP contribution in [0.5, 0.6) is 0 Å². The minimum Gasteiger partial charge on any atom is -0.464 e. The van der Waals surface area contributed by atoms with Crippen LogP contribution >= 0.6 is 11.3 Å². The Kier molecular flexibility index (Phi) is 2.89. The number of nitrogens with two attached hydrogens (primary N) is 1. The zero-order chi connectivity index (χ0) is 12.5. The molecule has 0 radical (unpaired) electrons. The van der Waals surface area contributed by atoms with Crippen molar-refractivity contribution in [3.05, 3.63) is 52.2 Å². The lowest BCUT2D eigenvalue weighted by molar-refractivity contribution is 0.598. The summed E-state index contributed by atoms with van der Waals surface area (Å²) in [5, 5.41) is 4.24. The lowest BCUT2D eigenvalue weighted by Crippen LogP contribution is -2.13. The van der Waals surface area contributed by atoms with Gasteiger partial charge in [0.1, 0.15) is 5.58 Å². The van der Waals surface area contributed by atoms with E-state index >= 15 is 0 Å². The molecule has 0 fully saturated rings. The standard InChI is InChI=1S/C14H14N2OS/c1-9-16-10(8-18-9)6-13(15)12-7-17-14-5-3-2-4-11(12)14/h2-5,7-8,13H,6,15H2,1H3. The minimum absolute atomic E-state index is 0.0739. The molecule has 0 saturated heterocycles. The van der Waals surface area contributed by atoms with Gasteiger partial charge in [0.25, 0.3) is 0 Å². The van der Waals surface area contributed by atoms with Crippen molar-refractivity contribution in [2.45, 2.75) is 19.4 Å². The van der Waals surface area contributed by atoms with Crippen LogP contribution in [0.2, 0.25) is 0 Å². The predicted molar refractivity (Wildman–Crippen MR) is 73.7 cm³/mol. The van der Waals surface area contributed by atoms with E-state index in [2.05, 4.69) is 10.4 Å². The Morgan fingerprint density at radius 1 is 1.39 bits per heavy atom. The molecule has 1 unspecified atom stereocenters. The molecule has 0 aliphatic rings. The van der Waals surface area contributed by atoms with Crippen LogP contribution in [0.4, 0.5) is 0 Å². The van der Waals surface area contributed by atoms with E-state index < -0.39 is 0 Å². The summed E-state index contributed by atoms with van der Waals surface area (Å²) >= 11 is 1.66.